The summed E-state index contributed by atoms with van der Waals surface area (Å²) in [6.45, 7) is 6.96. The van der Waals surface area contributed by atoms with E-state index in [4.69, 9.17) is 0 Å². The molecule has 0 amide bonds. The van der Waals surface area contributed by atoms with Gasteiger partial charge in [-0.15, -0.1) is 11.3 Å². The van der Waals surface area contributed by atoms with Gasteiger partial charge in [-0.25, -0.2) is 0 Å². The first-order valence-corrected chi connectivity index (χ1v) is 7.90. The highest BCUT2D eigenvalue weighted by atomic mass is 32.1. The zero-order chi connectivity index (χ0) is 12.1. The zero-order valence-electron chi connectivity index (χ0n) is 11.1. The lowest BCUT2D eigenvalue weighted by Gasteiger charge is -2.35. The van der Waals surface area contributed by atoms with Gasteiger partial charge in [0.1, 0.15) is 0 Å². The van der Waals surface area contributed by atoms with Crippen LogP contribution in [-0.4, -0.2) is 13.1 Å². The minimum atomic E-state index is 0.897. The first-order chi connectivity index (χ1) is 8.29. The van der Waals surface area contributed by atoms with Crippen LogP contribution in [0.3, 0.4) is 0 Å². The average Bonchev–Trinajstić information content (AvgIpc) is 2.81. The van der Waals surface area contributed by atoms with E-state index >= 15 is 0 Å². The topological polar surface area (TPSA) is 12.0 Å². The van der Waals surface area contributed by atoms with E-state index in [9.17, 15) is 0 Å². The summed E-state index contributed by atoms with van der Waals surface area (Å²) in [6.07, 6.45) is 5.58. The van der Waals surface area contributed by atoms with Crippen molar-refractivity contribution in [2.24, 2.45) is 17.8 Å². The Morgan fingerprint density at radius 2 is 2.24 bits per heavy atom. The largest absolute Gasteiger partial charge is 0.317 e. The maximum Gasteiger partial charge on any atom is 0.00480 e. The maximum atomic E-state index is 3.55. The lowest BCUT2D eigenvalue weighted by Crippen LogP contribution is -2.33. The van der Waals surface area contributed by atoms with Crippen LogP contribution in [0, 0.1) is 17.8 Å². The maximum absolute atomic E-state index is 3.55. The van der Waals surface area contributed by atoms with Gasteiger partial charge >= 0.3 is 0 Å². The van der Waals surface area contributed by atoms with E-state index in [2.05, 4.69) is 36.7 Å². The van der Waals surface area contributed by atoms with Crippen molar-refractivity contribution >= 4 is 11.3 Å². The highest BCUT2D eigenvalue weighted by molar-refractivity contribution is 7.09. The third-order valence-corrected chi connectivity index (χ3v) is 5.00. The SMILES string of the molecule is CCNCC1CCC(C)CC1Cc1cccs1. The lowest BCUT2D eigenvalue weighted by atomic mass is 9.73. The van der Waals surface area contributed by atoms with Gasteiger partial charge in [-0.1, -0.05) is 26.3 Å². The Labute approximate surface area is 110 Å². The predicted octanol–water partition coefficient (Wildman–Crippen LogP) is 3.95. The molecule has 1 saturated carbocycles. The molecule has 1 aliphatic carbocycles. The van der Waals surface area contributed by atoms with E-state index in [-0.39, 0.29) is 0 Å². The van der Waals surface area contributed by atoms with Crippen LogP contribution in [0.25, 0.3) is 0 Å². The molecular formula is C15H25NS. The van der Waals surface area contributed by atoms with E-state index in [0.29, 0.717) is 0 Å². The van der Waals surface area contributed by atoms with E-state index in [1.54, 1.807) is 4.88 Å². The molecule has 1 heterocycles. The number of hydrogen-bond acceptors (Lipinski definition) is 2. The molecule has 1 aliphatic rings. The zero-order valence-corrected chi connectivity index (χ0v) is 11.9. The van der Waals surface area contributed by atoms with Crippen LogP contribution >= 0.6 is 11.3 Å². The predicted molar refractivity (Wildman–Crippen MR) is 76.6 cm³/mol. The molecule has 1 nitrogen and oxygen atoms in total. The quantitative estimate of drug-likeness (QED) is 0.835. The van der Waals surface area contributed by atoms with Gasteiger partial charge in [-0.3, -0.25) is 0 Å². The van der Waals surface area contributed by atoms with Gasteiger partial charge < -0.3 is 5.32 Å². The first-order valence-electron chi connectivity index (χ1n) is 7.02. The Morgan fingerprint density at radius 3 is 2.94 bits per heavy atom. The summed E-state index contributed by atoms with van der Waals surface area (Å²) in [5.41, 5.74) is 0. The fourth-order valence-corrected chi connectivity index (χ4v) is 3.90. The minimum Gasteiger partial charge on any atom is -0.317 e. The van der Waals surface area contributed by atoms with Crippen molar-refractivity contribution in [3.05, 3.63) is 22.4 Å². The van der Waals surface area contributed by atoms with E-state index in [1.165, 1.54) is 32.2 Å². The molecule has 0 spiro atoms. The molecule has 0 saturated heterocycles. The molecule has 0 aliphatic heterocycles. The Hall–Kier alpha value is -0.340. The van der Waals surface area contributed by atoms with E-state index in [1.807, 2.05) is 11.3 Å². The molecule has 1 aromatic rings. The average molecular weight is 251 g/mol. The molecule has 1 fully saturated rings. The Bertz CT molecular complexity index is 305. The molecule has 0 aromatic carbocycles. The van der Waals surface area contributed by atoms with Crippen LogP contribution in [0.5, 0.6) is 0 Å². The normalized spacial score (nSPS) is 29.4. The molecule has 96 valence electrons. The monoisotopic (exact) mass is 251 g/mol. The summed E-state index contributed by atoms with van der Waals surface area (Å²) in [7, 11) is 0. The van der Waals surface area contributed by atoms with Gasteiger partial charge in [-0.2, -0.15) is 0 Å². The number of nitrogens with one attached hydrogen (secondary N) is 1. The number of thiophene rings is 1. The summed E-state index contributed by atoms with van der Waals surface area (Å²) in [4.78, 5) is 1.57. The standard InChI is InChI=1S/C15H25NS/c1-3-16-11-13-7-6-12(2)9-14(13)10-15-5-4-8-17-15/h4-5,8,12-14,16H,3,6-7,9-11H2,1-2H3. The molecule has 2 heteroatoms. The summed E-state index contributed by atoms with van der Waals surface area (Å²) in [6, 6.07) is 4.49. The van der Waals surface area contributed by atoms with Gasteiger partial charge in [0.15, 0.2) is 0 Å². The summed E-state index contributed by atoms with van der Waals surface area (Å²) in [5, 5.41) is 5.76. The molecule has 1 aromatic heterocycles. The van der Waals surface area contributed by atoms with Crippen molar-refractivity contribution in [1.82, 2.24) is 5.32 Å². The van der Waals surface area contributed by atoms with Gasteiger partial charge in [0.05, 0.1) is 0 Å². The molecular weight excluding hydrogens is 226 g/mol. The number of rotatable bonds is 5. The van der Waals surface area contributed by atoms with Gasteiger partial charge in [0.25, 0.3) is 0 Å². The van der Waals surface area contributed by atoms with Crippen LogP contribution < -0.4 is 5.32 Å². The Morgan fingerprint density at radius 1 is 1.35 bits per heavy atom. The Balaban J connectivity index is 1.93. The fraction of sp³-hybridized carbons (Fsp3) is 0.733. The van der Waals surface area contributed by atoms with Crippen LogP contribution in [0.15, 0.2) is 17.5 Å². The molecule has 17 heavy (non-hydrogen) atoms. The highest BCUT2D eigenvalue weighted by Gasteiger charge is 2.28. The molecule has 1 N–H and O–H groups in total. The first kappa shape index (κ1) is 13.1. The van der Waals surface area contributed by atoms with Crippen LogP contribution in [-0.2, 0) is 6.42 Å². The van der Waals surface area contributed by atoms with Crippen molar-refractivity contribution in [3.63, 3.8) is 0 Å². The van der Waals surface area contributed by atoms with Gasteiger partial charge in [0, 0.05) is 4.88 Å². The molecule has 2 rings (SSSR count). The van der Waals surface area contributed by atoms with Crippen molar-refractivity contribution in [1.29, 1.82) is 0 Å². The second-order valence-corrected chi connectivity index (χ2v) is 6.56. The Kier molecular flexibility index (Phi) is 5.05. The molecule has 0 bridgehead atoms. The third kappa shape index (κ3) is 3.82. The van der Waals surface area contributed by atoms with Crippen LogP contribution in [0.1, 0.15) is 38.0 Å². The molecule has 0 radical (unpaired) electrons. The summed E-state index contributed by atoms with van der Waals surface area (Å²) >= 11 is 1.92. The molecule has 3 atom stereocenters. The highest BCUT2D eigenvalue weighted by Crippen LogP contribution is 2.36. The van der Waals surface area contributed by atoms with E-state index in [0.717, 1.165) is 24.3 Å². The van der Waals surface area contributed by atoms with E-state index < -0.39 is 0 Å². The number of hydrogen-bond donors (Lipinski definition) is 1. The summed E-state index contributed by atoms with van der Waals surface area (Å²) in [5.74, 6) is 2.72. The van der Waals surface area contributed by atoms with Crippen molar-refractivity contribution in [2.75, 3.05) is 13.1 Å². The molecule has 3 unspecified atom stereocenters. The van der Waals surface area contributed by atoms with Gasteiger partial charge in [-0.05, 0) is 61.6 Å². The van der Waals surface area contributed by atoms with Crippen LogP contribution in [0.2, 0.25) is 0 Å². The van der Waals surface area contributed by atoms with Crippen molar-refractivity contribution < 1.29 is 0 Å². The minimum absolute atomic E-state index is 0.897. The van der Waals surface area contributed by atoms with Gasteiger partial charge in [0.2, 0.25) is 0 Å². The smallest absolute Gasteiger partial charge is 0.00480 e. The second kappa shape index (κ2) is 6.55. The fourth-order valence-electron chi connectivity index (χ4n) is 3.10. The van der Waals surface area contributed by atoms with Crippen molar-refractivity contribution in [3.8, 4) is 0 Å². The summed E-state index contributed by atoms with van der Waals surface area (Å²) < 4.78 is 0. The third-order valence-electron chi connectivity index (χ3n) is 4.10. The lowest BCUT2D eigenvalue weighted by molar-refractivity contribution is 0.185. The van der Waals surface area contributed by atoms with Crippen molar-refractivity contribution in [2.45, 2.75) is 39.5 Å². The van der Waals surface area contributed by atoms with Crippen LogP contribution in [0.4, 0.5) is 0 Å². The second-order valence-electron chi connectivity index (χ2n) is 5.53.